The quantitative estimate of drug-likeness (QED) is 0.150. The molecule has 3 aliphatic rings. The lowest BCUT2D eigenvalue weighted by molar-refractivity contribution is -0.150. The van der Waals surface area contributed by atoms with Crippen LogP contribution in [0.25, 0.3) is 0 Å². The Balaban J connectivity index is 1.70. The largest absolute Gasteiger partial charge is 0.459 e. The summed E-state index contributed by atoms with van der Waals surface area (Å²) in [4.78, 5) is 22.5. The predicted octanol–water partition coefficient (Wildman–Crippen LogP) is 0.547. The lowest BCUT2D eigenvalue weighted by Gasteiger charge is -2.29. The fourth-order valence-electron chi connectivity index (χ4n) is 4.72. The van der Waals surface area contributed by atoms with Crippen LogP contribution < -0.4 is 4.74 Å². The third-order valence-corrected chi connectivity index (χ3v) is 7.19. The maximum absolute atomic E-state index is 14.2. The molecular weight excluding hydrogens is 492 g/mol. The summed E-state index contributed by atoms with van der Waals surface area (Å²) < 4.78 is 125. The summed E-state index contributed by atoms with van der Waals surface area (Å²) in [6.45, 7) is 0. The van der Waals surface area contributed by atoms with Crippen LogP contribution in [0.3, 0.4) is 0 Å². The third kappa shape index (κ3) is 3.36. The molecule has 1 aromatic carbocycles. The summed E-state index contributed by atoms with van der Waals surface area (Å²) in [5.41, 5.74) is 0. The van der Waals surface area contributed by atoms with E-state index < -0.39 is 102 Å². The summed E-state index contributed by atoms with van der Waals surface area (Å²) in [5.74, 6) is -18.7. The van der Waals surface area contributed by atoms with Crippen molar-refractivity contribution in [3.05, 3.63) is 23.3 Å². The minimum absolute atomic E-state index is 0.0659. The summed E-state index contributed by atoms with van der Waals surface area (Å²) in [7, 11) is -9.79. The first-order valence-corrected chi connectivity index (χ1v) is 12.0. The highest BCUT2D eigenvalue weighted by Gasteiger charge is 2.70. The van der Waals surface area contributed by atoms with E-state index in [0.29, 0.717) is 6.26 Å². The second-order valence-corrected chi connectivity index (χ2v) is 10.6. The van der Waals surface area contributed by atoms with Crippen LogP contribution >= 0.6 is 0 Å². The van der Waals surface area contributed by atoms with Gasteiger partial charge in [0.25, 0.3) is 10.1 Å². The molecule has 1 saturated heterocycles. The standard InChI is InChI=1S/C16H12F4O10S2/c1-31(23,24)30-12-4-2-3-5(15(21)28-11(3)12)6(4)16(22)29-13-7(17)9(19)14(32(25,26)27)10(20)8(13)18/h3-6,11-12H,2H2,1H3,(H,25,26,27). The summed E-state index contributed by atoms with van der Waals surface area (Å²) >= 11 is 0. The molecule has 1 aliphatic heterocycles. The highest BCUT2D eigenvalue weighted by atomic mass is 32.2. The van der Waals surface area contributed by atoms with Gasteiger partial charge in [-0.25, -0.2) is 8.78 Å². The molecule has 6 unspecified atom stereocenters. The van der Waals surface area contributed by atoms with Crippen molar-refractivity contribution in [2.24, 2.45) is 23.7 Å². The van der Waals surface area contributed by atoms with Crippen LogP contribution in [0.4, 0.5) is 17.6 Å². The Morgan fingerprint density at radius 2 is 1.59 bits per heavy atom. The average molecular weight is 504 g/mol. The van der Waals surface area contributed by atoms with E-state index in [-0.39, 0.29) is 6.42 Å². The van der Waals surface area contributed by atoms with Crippen molar-refractivity contribution in [2.45, 2.75) is 23.5 Å². The van der Waals surface area contributed by atoms with Crippen molar-refractivity contribution in [3.8, 4) is 5.75 Å². The van der Waals surface area contributed by atoms with Gasteiger partial charge in [0.1, 0.15) is 12.2 Å². The van der Waals surface area contributed by atoms with Crippen LogP contribution in [0.1, 0.15) is 6.42 Å². The van der Waals surface area contributed by atoms with E-state index in [9.17, 15) is 44.0 Å². The summed E-state index contributed by atoms with van der Waals surface area (Å²) in [6.07, 6.45) is -1.49. The third-order valence-electron chi connectivity index (χ3n) is 5.75. The minimum atomic E-state index is -5.72. The number of benzene rings is 1. The van der Waals surface area contributed by atoms with E-state index in [1.54, 1.807) is 0 Å². The number of carbonyl (C=O) groups excluding carboxylic acids is 2. The minimum Gasteiger partial charge on any atom is -0.459 e. The molecule has 3 fully saturated rings. The van der Waals surface area contributed by atoms with E-state index in [1.807, 2.05) is 0 Å². The van der Waals surface area contributed by atoms with Crippen LogP contribution in [0.15, 0.2) is 4.90 Å². The van der Waals surface area contributed by atoms with Gasteiger partial charge in [0.2, 0.25) is 17.4 Å². The van der Waals surface area contributed by atoms with Gasteiger partial charge in [0, 0.05) is 11.8 Å². The molecule has 4 rings (SSSR count). The Hall–Kier alpha value is -2.30. The van der Waals surface area contributed by atoms with Crippen LogP contribution in [0, 0.1) is 46.9 Å². The van der Waals surface area contributed by atoms with Crippen molar-refractivity contribution >= 4 is 32.2 Å². The normalized spacial score (nSPS) is 31.1. The highest BCUT2D eigenvalue weighted by molar-refractivity contribution is 7.86. The van der Waals surface area contributed by atoms with Crippen molar-refractivity contribution in [3.63, 3.8) is 0 Å². The maximum Gasteiger partial charge on any atom is 0.315 e. The molecule has 0 radical (unpaired) electrons. The average Bonchev–Trinajstić information content (AvgIpc) is 3.25. The summed E-state index contributed by atoms with van der Waals surface area (Å²) in [5, 5.41) is 0. The lowest BCUT2D eigenvalue weighted by Crippen LogP contribution is -2.44. The van der Waals surface area contributed by atoms with Gasteiger partial charge in [-0.05, 0) is 6.42 Å². The van der Waals surface area contributed by atoms with E-state index in [0.717, 1.165) is 0 Å². The molecule has 16 heteroatoms. The smallest absolute Gasteiger partial charge is 0.315 e. The molecule has 6 atom stereocenters. The molecule has 2 bridgehead atoms. The topological polar surface area (TPSA) is 150 Å². The van der Waals surface area contributed by atoms with Crippen molar-refractivity contribution in [2.75, 3.05) is 6.26 Å². The fraction of sp³-hybridized carbons (Fsp3) is 0.500. The predicted molar refractivity (Wildman–Crippen MR) is 89.9 cm³/mol. The molecule has 1 N–H and O–H groups in total. The molecular formula is C16H12F4O10S2. The van der Waals surface area contributed by atoms with Crippen molar-refractivity contribution in [1.82, 2.24) is 0 Å². The van der Waals surface area contributed by atoms with E-state index in [1.165, 1.54) is 0 Å². The van der Waals surface area contributed by atoms with Gasteiger partial charge in [-0.2, -0.15) is 25.6 Å². The van der Waals surface area contributed by atoms with Gasteiger partial charge in [0.05, 0.1) is 18.1 Å². The molecule has 10 nitrogen and oxygen atoms in total. The van der Waals surface area contributed by atoms with Crippen LogP contribution in [-0.4, -0.2) is 51.8 Å². The molecule has 0 aromatic heterocycles. The van der Waals surface area contributed by atoms with Gasteiger partial charge in [-0.1, -0.05) is 0 Å². The lowest BCUT2D eigenvalue weighted by atomic mass is 9.78. The second kappa shape index (κ2) is 7.10. The van der Waals surface area contributed by atoms with Crippen LogP contribution in [0.2, 0.25) is 0 Å². The Bertz CT molecular complexity index is 1230. The molecule has 2 aliphatic carbocycles. The number of rotatable bonds is 5. The number of hydrogen-bond acceptors (Lipinski definition) is 9. The molecule has 32 heavy (non-hydrogen) atoms. The molecule has 2 saturated carbocycles. The number of hydrogen-bond donors (Lipinski definition) is 1. The first-order chi connectivity index (χ1) is 14.6. The molecule has 0 amide bonds. The Kier molecular flexibility index (Phi) is 5.07. The molecule has 1 heterocycles. The molecule has 176 valence electrons. The Morgan fingerprint density at radius 1 is 1.03 bits per heavy atom. The molecule has 0 spiro atoms. The van der Waals surface area contributed by atoms with E-state index in [4.69, 9.17) is 13.5 Å². The van der Waals surface area contributed by atoms with Crippen molar-refractivity contribution < 1.29 is 62.2 Å². The fourth-order valence-corrected chi connectivity index (χ4v) is 6.01. The van der Waals surface area contributed by atoms with E-state index >= 15 is 0 Å². The Labute approximate surface area is 177 Å². The first-order valence-electron chi connectivity index (χ1n) is 8.77. The zero-order chi connectivity index (χ0) is 23.9. The molecule has 1 aromatic rings. The van der Waals surface area contributed by atoms with Crippen LogP contribution in [-0.2, 0) is 38.7 Å². The highest BCUT2D eigenvalue weighted by Crippen LogP contribution is 2.59. The van der Waals surface area contributed by atoms with Gasteiger partial charge < -0.3 is 9.47 Å². The SMILES string of the molecule is CS(=O)(=O)OC1C2CC3C1OC(=O)C3C2C(=O)Oc1c(F)c(F)c(S(=O)(=O)O)c(F)c1F. The number of esters is 2. The monoisotopic (exact) mass is 504 g/mol. The van der Waals surface area contributed by atoms with Gasteiger partial charge >= 0.3 is 22.1 Å². The van der Waals surface area contributed by atoms with E-state index in [2.05, 4.69) is 4.74 Å². The first kappa shape index (κ1) is 22.9. The van der Waals surface area contributed by atoms with Gasteiger partial charge in [0.15, 0.2) is 16.5 Å². The van der Waals surface area contributed by atoms with Gasteiger partial charge in [-0.3, -0.25) is 18.3 Å². The number of halogens is 4. The second-order valence-electron chi connectivity index (χ2n) is 7.59. The summed E-state index contributed by atoms with van der Waals surface area (Å²) in [6, 6.07) is 0. The van der Waals surface area contributed by atoms with Crippen LogP contribution in [0.5, 0.6) is 5.75 Å². The zero-order valence-electron chi connectivity index (χ0n) is 15.6. The number of ether oxygens (including phenoxy) is 2. The number of fused-ring (bicyclic) bond motifs is 1. The maximum atomic E-state index is 14.2. The van der Waals surface area contributed by atoms with Gasteiger partial charge in [-0.15, -0.1) is 0 Å². The van der Waals surface area contributed by atoms with Crippen molar-refractivity contribution in [1.29, 1.82) is 0 Å². The number of carbonyl (C=O) groups is 2. The zero-order valence-corrected chi connectivity index (χ0v) is 17.3. The Morgan fingerprint density at radius 3 is 2.09 bits per heavy atom.